The van der Waals surface area contributed by atoms with E-state index < -0.39 is 0 Å². The molecule has 1 unspecified atom stereocenters. The molecule has 0 aromatic carbocycles. The molecule has 5 heteroatoms. The lowest BCUT2D eigenvalue weighted by Crippen LogP contribution is -2.16. The lowest BCUT2D eigenvalue weighted by Gasteiger charge is -2.13. The highest BCUT2D eigenvalue weighted by atomic mass is 79.9. The molecule has 2 aromatic heterocycles. The second-order valence-electron chi connectivity index (χ2n) is 3.42. The molecule has 1 N–H and O–H groups in total. The normalized spacial score (nSPS) is 13.0. The fraction of sp³-hybridized carbons (Fsp3) is 0.273. The van der Waals surface area contributed by atoms with Gasteiger partial charge in [-0.3, -0.25) is 0 Å². The number of furan rings is 1. The third kappa shape index (κ3) is 2.20. The number of nitrogens with one attached hydrogen (secondary N) is 1. The molecular formula is C11H11BrClNOS. The van der Waals surface area contributed by atoms with E-state index in [-0.39, 0.29) is 6.04 Å². The molecule has 1 atom stereocenters. The van der Waals surface area contributed by atoms with E-state index in [1.165, 1.54) is 4.88 Å². The molecule has 16 heavy (non-hydrogen) atoms. The van der Waals surface area contributed by atoms with Gasteiger partial charge in [0.2, 0.25) is 0 Å². The monoisotopic (exact) mass is 319 g/mol. The van der Waals surface area contributed by atoms with E-state index in [1.807, 2.05) is 26.1 Å². The van der Waals surface area contributed by atoms with Crippen LogP contribution in [0.5, 0.6) is 0 Å². The Hall–Kier alpha value is -0.290. The van der Waals surface area contributed by atoms with Gasteiger partial charge < -0.3 is 9.73 Å². The fourth-order valence-electron chi connectivity index (χ4n) is 1.65. The Kier molecular flexibility index (Phi) is 3.74. The van der Waals surface area contributed by atoms with Crippen molar-refractivity contribution < 1.29 is 4.42 Å². The van der Waals surface area contributed by atoms with Gasteiger partial charge in [0.05, 0.1) is 12.3 Å². The molecule has 0 spiro atoms. The van der Waals surface area contributed by atoms with E-state index in [9.17, 15) is 0 Å². The molecule has 0 amide bonds. The molecule has 0 bridgehead atoms. The maximum Gasteiger partial charge on any atom is 0.107 e. The summed E-state index contributed by atoms with van der Waals surface area (Å²) < 4.78 is 7.04. The topological polar surface area (TPSA) is 25.2 Å². The van der Waals surface area contributed by atoms with Crippen LogP contribution in [0.1, 0.15) is 22.2 Å². The maximum atomic E-state index is 6.05. The smallest absolute Gasteiger partial charge is 0.107 e. The van der Waals surface area contributed by atoms with E-state index in [2.05, 4.69) is 21.2 Å². The Labute approximate surface area is 112 Å². The Balaban J connectivity index is 2.40. The Morgan fingerprint density at radius 3 is 2.75 bits per heavy atom. The van der Waals surface area contributed by atoms with Crippen LogP contribution < -0.4 is 5.32 Å². The SMILES string of the molecule is CNC(c1cc(Br)c(Cl)s1)c1ccoc1C. The number of rotatable bonds is 3. The Morgan fingerprint density at radius 1 is 1.56 bits per heavy atom. The lowest BCUT2D eigenvalue weighted by atomic mass is 10.1. The summed E-state index contributed by atoms with van der Waals surface area (Å²) in [6, 6.07) is 4.16. The number of aryl methyl sites for hydroxylation is 1. The van der Waals surface area contributed by atoms with Crippen molar-refractivity contribution in [3.63, 3.8) is 0 Å². The third-order valence-electron chi connectivity index (χ3n) is 2.45. The highest BCUT2D eigenvalue weighted by molar-refractivity contribution is 9.10. The van der Waals surface area contributed by atoms with Crippen LogP contribution in [-0.4, -0.2) is 7.05 Å². The third-order valence-corrected chi connectivity index (χ3v) is 4.99. The highest BCUT2D eigenvalue weighted by Gasteiger charge is 2.19. The van der Waals surface area contributed by atoms with Gasteiger partial charge in [-0.15, -0.1) is 11.3 Å². The zero-order valence-corrected chi connectivity index (χ0v) is 12.0. The summed E-state index contributed by atoms with van der Waals surface area (Å²) in [6.45, 7) is 1.96. The van der Waals surface area contributed by atoms with Crippen molar-refractivity contribution in [1.29, 1.82) is 0 Å². The molecular weight excluding hydrogens is 310 g/mol. The largest absolute Gasteiger partial charge is 0.469 e. The van der Waals surface area contributed by atoms with Crippen LogP contribution in [0.25, 0.3) is 0 Å². The molecule has 0 aliphatic heterocycles. The molecule has 0 radical (unpaired) electrons. The van der Waals surface area contributed by atoms with Crippen LogP contribution in [0.3, 0.4) is 0 Å². The van der Waals surface area contributed by atoms with Crippen molar-refractivity contribution in [1.82, 2.24) is 5.32 Å². The second-order valence-corrected chi connectivity index (χ2v) is 5.96. The number of hydrogen-bond acceptors (Lipinski definition) is 3. The fourth-order valence-corrected chi connectivity index (χ4v) is 3.52. The standard InChI is InChI=1S/C11H11BrClNOS/c1-6-7(3-4-15-6)10(14-2)9-5-8(12)11(13)16-9/h3-5,10,14H,1-2H3. The summed E-state index contributed by atoms with van der Waals surface area (Å²) in [7, 11) is 1.93. The van der Waals surface area contributed by atoms with Gasteiger partial charge in [0.1, 0.15) is 10.1 Å². The minimum atomic E-state index is 0.132. The van der Waals surface area contributed by atoms with Gasteiger partial charge in [0.15, 0.2) is 0 Å². The van der Waals surface area contributed by atoms with Crippen LogP contribution >= 0.6 is 38.9 Å². The van der Waals surface area contributed by atoms with Crippen molar-refractivity contribution in [3.8, 4) is 0 Å². The van der Waals surface area contributed by atoms with Gasteiger partial charge in [0.25, 0.3) is 0 Å². The van der Waals surface area contributed by atoms with Gasteiger partial charge in [-0.05, 0) is 42.0 Å². The van der Waals surface area contributed by atoms with Gasteiger partial charge in [-0.1, -0.05) is 11.6 Å². The van der Waals surface area contributed by atoms with Crippen LogP contribution in [0.4, 0.5) is 0 Å². The summed E-state index contributed by atoms with van der Waals surface area (Å²) in [6.07, 6.45) is 1.71. The predicted octanol–water partition coefficient (Wildman–Crippen LogP) is 4.37. The minimum Gasteiger partial charge on any atom is -0.469 e. The average molecular weight is 321 g/mol. The molecule has 0 aliphatic carbocycles. The Bertz CT molecular complexity index is 474. The van der Waals surface area contributed by atoms with Gasteiger partial charge >= 0.3 is 0 Å². The van der Waals surface area contributed by atoms with Crippen molar-refractivity contribution in [3.05, 3.63) is 43.4 Å². The molecule has 0 aliphatic rings. The van der Waals surface area contributed by atoms with Gasteiger partial charge in [0, 0.05) is 14.9 Å². The average Bonchev–Trinajstić information content (AvgIpc) is 2.78. The summed E-state index contributed by atoms with van der Waals surface area (Å²) in [4.78, 5) is 1.17. The molecule has 0 saturated carbocycles. The Morgan fingerprint density at radius 2 is 2.31 bits per heavy atom. The zero-order valence-electron chi connectivity index (χ0n) is 8.88. The first-order valence-corrected chi connectivity index (χ1v) is 6.78. The molecule has 0 fully saturated rings. The van der Waals surface area contributed by atoms with Crippen molar-refractivity contribution in [2.75, 3.05) is 7.05 Å². The summed E-state index contributed by atoms with van der Waals surface area (Å²) in [5, 5.41) is 3.27. The molecule has 2 rings (SSSR count). The van der Waals surface area contributed by atoms with E-state index in [4.69, 9.17) is 16.0 Å². The van der Waals surface area contributed by atoms with Crippen LogP contribution in [-0.2, 0) is 0 Å². The highest BCUT2D eigenvalue weighted by Crippen LogP contribution is 2.38. The van der Waals surface area contributed by atoms with Crippen LogP contribution in [0.15, 0.2) is 27.3 Å². The van der Waals surface area contributed by atoms with Crippen molar-refractivity contribution >= 4 is 38.9 Å². The first kappa shape index (κ1) is 12.2. The first-order valence-electron chi connectivity index (χ1n) is 4.79. The van der Waals surface area contributed by atoms with E-state index >= 15 is 0 Å². The number of halogens is 2. The second kappa shape index (κ2) is 4.92. The molecule has 86 valence electrons. The number of thiophene rings is 1. The molecule has 0 saturated heterocycles. The molecule has 2 heterocycles. The van der Waals surface area contributed by atoms with Gasteiger partial charge in [-0.2, -0.15) is 0 Å². The van der Waals surface area contributed by atoms with E-state index in [0.29, 0.717) is 0 Å². The lowest BCUT2D eigenvalue weighted by molar-refractivity contribution is 0.524. The van der Waals surface area contributed by atoms with Crippen LogP contribution in [0.2, 0.25) is 4.34 Å². The maximum absolute atomic E-state index is 6.05. The van der Waals surface area contributed by atoms with Crippen molar-refractivity contribution in [2.24, 2.45) is 0 Å². The predicted molar refractivity (Wildman–Crippen MR) is 71.4 cm³/mol. The van der Waals surface area contributed by atoms with Crippen molar-refractivity contribution in [2.45, 2.75) is 13.0 Å². The van der Waals surface area contributed by atoms with Gasteiger partial charge in [-0.25, -0.2) is 0 Å². The summed E-state index contributed by atoms with van der Waals surface area (Å²) in [5.41, 5.74) is 1.15. The van der Waals surface area contributed by atoms with Crippen LogP contribution in [0, 0.1) is 6.92 Å². The van der Waals surface area contributed by atoms with E-state index in [0.717, 1.165) is 20.1 Å². The summed E-state index contributed by atoms with van der Waals surface area (Å²) >= 11 is 11.0. The quantitative estimate of drug-likeness (QED) is 0.908. The molecule has 2 nitrogen and oxygen atoms in total. The summed E-state index contributed by atoms with van der Waals surface area (Å²) in [5.74, 6) is 0.931. The van der Waals surface area contributed by atoms with E-state index in [1.54, 1.807) is 17.6 Å². The zero-order chi connectivity index (χ0) is 11.7. The first-order chi connectivity index (χ1) is 7.63. The minimum absolute atomic E-state index is 0.132. The number of hydrogen-bond donors (Lipinski definition) is 1. The molecule has 2 aromatic rings.